The highest BCUT2D eigenvalue weighted by atomic mass is 35.5. The lowest BCUT2D eigenvalue weighted by Crippen LogP contribution is -2.17. The lowest BCUT2D eigenvalue weighted by molar-refractivity contribution is 0.102. The third-order valence-electron chi connectivity index (χ3n) is 4.10. The number of hydrogen-bond acceptors (Lipinski definition) is 4. The Morgan fingerprint density at radius 3 is 2.46 bits per heavy atom. The van der Waals surface area contributed by atoms with Crippen LogP contribution < -0.4 is 10.6 Å². The van der Waals surface area contributed by atoms with E-state index >= 15 is 0 Å². The third-order valence-corrected chi connectivity index (χ3v) is 7.12. The Labute approximate surface area is 170 Å². The summed E-state index contributed by atoms with van der Waals surface area (Å²) in [6.07, 6.45) is 1.29. The smallest absolute Gasteiger partial charge is 0.255 e. The first-order chi connectivity index (χ1) is 12.3. The molecule has 1 aliphatic heterocycles. The summed E-state index contributed by atoms with van der Waals surface area (Å²) in [7, 11) is 0. The number of halogens is 1. The third kappa shape index (κ3) is 5.68. The van der Waals surface area contributed by atoms with Crippen LogP contribution in [-0.4, -0.2) is 24.0 Å². The van der Waals surface area contributed by atoms with E-state index < -0.39 is 0 Å². The molecule has 1 saturated heterocycles. The minimum absolute atomic E-state index is 0. The number of thioether (sulfide) groups is 2. The quantitative estimate of drug-likeness (QED) is 0.676. The highest BCUT2D eigenvalue weighted by Gasteiger charge is 2.17. The van der Waals surface area contributed by atoms with Crippen molar-refractivity contribution in [3.8, 4) is 0 Å². The van der Waals surface area contributed by atoms with Crippen LogP contribution in [-0.2, 0) is 6.54 Å². The number of amides is 1. The molecule has 0 saturated carbocycles. The van der Waals surface area contributed by atoms with Crippen LogP contribution in [0.2, 0.25) is 0 Å². The fourth-order valence-corrected chi connectivity index (χ4v) is 5.62. The highest BCUT2D eigenvalue weighted by molar-refractivity contribution is 8.16. The van der Waals surface area contributed by atoms with E-state index in [2.05, 4.69) is 29.7 Å². The zero-order chi connectivity index (χ0) is 17.5. The number of rotatable bonds is 6. The molecule has 0 radical (unpaired) electrons. The Morgan fingerprint density at radius 2 is 1.77 bits per heavy atom. The summed E-state index contributed by atoms with van der Waals surface area (Å²) < 4.78 is 0.506. The summed E-state index contributed by atoms with van der Waals surface area (Å²) in [6.45, 7) is 3.73. The molecule has 6 heteroatoms. The molecule has 1 fully saturated rings. The normalized spacial score (nSPS) is 14.5. The van der Waals surface area contributed by atoms with Gasteiger partial charge in [-0.15, -0.1) is 35.9 Å². The zero-order valence-corrected chi connectivity index (χ0v) is 17.3. The van der Waals surface area contributed by atoms with Gasteiger partial charge in [-0.05, 0) is 53.8 Å². The molecule has 3 nitrogen and oxygen atoms in total. The van der Waals surface area contributed by atoms with Crippen molar-refractivity contribution in [2.75, 3.05) is 23.4 Å². The monoisotopic (exact) mass is 408 g/mol. The number of nitrogens with one attached hydrogen (secondary N) is 2. The maximum absolute atomic E-state index is 12.6. The lowest BCUT2D eigenvalue weighted by Gasteiger charge is -2.21. The minimum Gasteiger partial charge on any atom is -0.322 e. The van der Waals surface area contributed by atoms with E-state index in [1.807, 2.05) is 59.9 Å². The second-order valence-electron chi connectivity index (χ2n) is 5.94. The van der Waals surface area contributed by atoms with E-state index in [0.717, 1.165) is 24.3 Å². The number of benzene rings is 2. The fourth-order valence-electron chi connectivity index (χ4n) is 2.72. The first kappa shape index (κ1) is 21.2. The maximum Gasteiger partial charge on any atom is 0.255 e. The molecule has 2 N–H and O–H groups in total. The number of para-hydroxylation sites is 1. The molecule has 0 unspecified atom stereocenters. The van der Waals surface area contributed by atoms with Crippen LogP contribution in [0.3, 0.4) is 0 Å². The van der Waals surface area contributed by atoms with Crippen LogP contribution >= 0.6 is 35.9 Å². The Balaban J connectivity index is 0.00000243. The Hall–Kier alpha value is -1.14. The van der Waals surface area contributed by atoms with Crippen molar-refractivity contribution in [3.05, 3.63) is 65.2 Å². The van der Waals surface area contributed by atoms with Crippen molar-refractivity contribution in [1.82, 2.24) is 5.32 Å². The van der Waals surface area contributed by atoms with Crippen LogP contribution in [0.1, 0.15) is 39.4 Å². The van der Waals surface area contributed by atoms with Gasteiger partial charge in [-0.1, -0.05) is 37.3 Å². The molecule has 140 valence electrons. The van der Waals surface area contributed by atoms with E-state index in [1.165, 1.54) is 23.5 Å². The second-order valence-corrected chi connectivity index (χ2v) is 8.67. The Kier molecular flexibility index (Phi) is 8.85. The first-order valence-corrected chi connectivity index (χ1v) is 10.8. The largest absolute Gasteiger partial charge is 0.322 e. The highest BCUT2D eigenvalue weighted by Crippen LogP contribution is 2.43. The van der Waals surface area contributed by atoms with Gasteiger partial charge in [-0.25, -0.2) is 0 Å². The molecule has 1 heterocycles. The molecular formula is C20H25ClN2OS2. The van der Waals surface area contributed by atoms with Gasteiger partial charge in [-0.3, -0.25) is 4.79 Å². The van der Waals surface area contributed by atoms with Crippen molar-refractivity contribution < 1.29 is 4.79 Å². The van der Waals surface area contributed by atoms with Gasteiger partial charge in [-0.2, -0.15) is 0 Å². The van der Waals surface area contributed by atoms with Gasteiger partial charge < -0.3 is 10.6 Å². The summed E-state index contributed by atoms with van der Waals surface area (Å²) in [6, 6.07) is 16.0. The van der Waals surface area contributed by atoms with Crippen LogP contribution in [0.15, 0.2) is 48.5 Å². The van der Waals surface area contributed by atoms with Crippen LogP contribution in [0, 0.1) is 0 Å². The number of carbonyl (C=O) groups is 1. The lowest BCUT2D eigenvalue weighted by atomic mass is 10.1. The standard InChI is InChI=1S/C20H24N2OS2.ClH/c1-2-21-14-17-6-3-4-7-18(17)22-19(23)15-8-10-16(11-9-15)20-24-12-5-13-25-20;/h3-4,6-11,20-21H,2,5,12-14H2,1H3,(H,22,23);1H. The summed E-state index contributed by atoms with van der Waals surface area (Å²) >= 11 is 4.00. The van der Waals surface area contributed by atoms with Gasteiger partial charge in [0.25, 0.3) is 5.91 Å². The van der Waals surface area contributed by atoms with Gasteiger partial charge in [0.2, 0.25) is 0 Å². The molecule has 2 aromatic rings. The molecule has 2 aromatic carbocycles. The Morgan fingerprint density at radius 1 is 1.08 bits per heavy atom. The van der Waals surface area contributed by atoms with Gasteiger partial charge in [0.05, 0.1) is 4.58 Å². The van der Waals surface area contributed by atoms with Crippen molar-refractivity contribution in [2.24, 2.45) is 0 Å². The molecule has 0 atom stereocenters. The van der Waals surface area contributed by atoms with E-state index in [4.69, 9.17) is 0 Å². The molecule has 1 aliphatic rings. The minimum atomic E-state index is -0.0561. The van der Waals surface area contributed by atoms with E-state index in [1.54, 1.807) is 0 Å². The Bertz CT molecular complexity index is 703. The number of hydrogen-bond donors (Lipinski definition) is 2. The van der Waals surface area contributed by atoms with E-state index in [0.29, 0.717) is 10.1 Å². The second kappa shape index (κ2) is 10.9. The number of anilines is 1. The molecule has 0 spiro atoms. The summed E-state index contributed by atoms with van der Waals surface area (Å²) in [5.41, 5.74) is 3.98. The maximum atomic E-state index is 12.6. The molecule has 0 aliphatic carbocycles. The van der Waals surface area contributed by atoms with Crippen molar-refractivity contribution in [1.29, 1.82) is 0 Å². The topological polar surface area (TPSA) is 41.1 Å². The van der Waals surface area contributed by atoms with Crippen LogP contribution in [0.5, 0.6) is 0 Å². The van der Waals surface area contributed by atoms with Crippen molar-refractivity contribution >= 4 is 47.5 Å². The average Bonchev–Trinajstić information content (AvgIpc) is 2.68. The fraction of sp³-hybridized carbons (Fsp3) is 0.350. The zero-order valence-electron chi connectivity index (χ0n) is 14.9. The van der Waals surface area contributed by atoms with Gasteiger partial charge >= 0.3 is 0 Å². The predicted molar refractivity (Wildman–Crippen MR) is 118 cm³/mol. The van der Waals surface area contributed by atoms with Gasteiger partial charge in [0.1, 0.15) is 0 Å². The molecule has 26 heavy (non-hydrogen) atoms. The molecule has 0 bridgehead atoms. The number of carbonyl (C=O) groups excluding carboxylic acids is 1. The molecule has 1 amide bonds. The van der Waals surface area contributed by atoms with Crippen molar-refractivity contribution in [3.63, 3.8) is 0 Å². The summed E-state index contributed by atoms with van der Waals surface area (Å²) in [5.74, 6) is 2.39. The summed E-state index contributed by atoms with van der Waals surface area (Å²) in [4.78, 5) is 12.6. The van der Waals surface area contributed by atoms with Crippen LogP contribution in [0.25, 0.3) is 0 Å². The van der Waals surface area contributed by atoms with Gasteiger partial charge in [0, 0.05) is 17.8 Å². The van der Waals surface area contributed by atoms with Crippen LogP contribution in [0.4, 0.5) is 5.69 Å². The molecule has 0 aromatic heterocycles. The predicted octanol–water partition coefficient (Wildman–Crippen LogP) is 5.34. The SMILES string of the molecule is CCNCc1ccccc1NC(=O)c1ccc(C2SCCCS2)cc1.Cl. The first-order valence-electron chi connectivity index (χ1n) is 8.71. The van der Waals surface area contributed by atoms with Gasteiger partial charge in [0.15, 0.2) is 0 Å². The molecular weight excluding hydrogens is 384 g/mol. The molecule has 3 rings (SSSR count). The summed E-state index contributed by atoms with van der Waals surface area (Å²) in [5, 5.41) is 6.35. The van der Waals surface area contributed by atoms with E-state index in [9.17, 15) is 4.79 Å². The van der Waals surface area contributed by atoms with Crippen molar-refractivity contribution in [2.45, 2.75) is 24.5 Å². The van der Waals surface area contributed by atoms with E-state index in [-0.39, 0.29) is 18.3 Å². The average molecular weight is 409 g/mol.